The van der Waals surface area contributed by atoms with Gasteiger partial charge in [-0.2, -0.15) is 0 Å². The number of carbonyl (C=O) groups is 1. The number of nitrogen functional groups attached to an aromatic ring is 1. The lowest BCUT2D eigenvalue weighted by Crippen LogP contribution is -2.47. The monoisotopic (exact) mass is 379 g/mol. The molecule has 2 aliphatic heterocycles. The van der Waals surface area contributed by atoms with Crippen LogP contribution >= 0.6 is 0 Å². The largest absolute Gasteiger partial charge is 0.382 e. The third kappa shape index (κ3) is 2.68. The predicted molar refractivity (Wildman–Crippen MR) is 105 cm³/mol. The Morgan fingerprint density at radius 2 is 1.89 bits per heavy atom. The predicted octanol–water partition coefficient (Wildman–Crippen LogP) is 1.04. The second kappa shape index (κ2) is 6.32. The van der Waals surface area contributed by atoms with E-state index in [1.165, 1.54) is 0 Å². The maximum atomic E-state index is 11.9. The van der Waals surface area contributed by atoms with Gasteiger partial charge in [-0.05, 0) is 43.9 Å². The van der Waals surface area contributed by atoms with Crippen LogP contribution in [0.4, 0.5) is 17.3 Å². The normalized spacial score (nSPS) is 23.9. The number of fused-ring (bicyclic) bond motifs is 3. The molecule has 2 fully saturated rings. The van der Waals surface area contributed by atoms with Crippen LogP contribution in [0.25, 0.3) is 11.0 Å². The molecule has 3 aromatic rings. The van der Waals surface area contributed by atoms with E-state index >= 15 is 0 Å². The van der Waals surface area contributed by atoms with Gasteiger partial charge in [-0.3, -0.25) is 4.79 Å². The Morgan fingerprint density at radius 3 is 2.57 bits per heavy atom. The number of amides is 1. The summed E-state index contributed by atoms with van der Waals surface area (Å²) in [6, 6.07) is 6.53. The van der Waals surface area contributed by atoms with Crippen molar-refractivity contribution in [2.45, 2.75) is 43.8 Å². The zero-order valence-corrected chi connectivity index (χ0v) is 15.2. The number of hydrogen-bond donors (Lipinski definition) is 4. The number of nitrogens with one attached hydrogen (secondary N) is 2. The summed E-state index contributed by atoms with van der Waals surface area (Å²) in [6.07, 6.45) is 5.84. The topological polar surface area (TPSA) is 152 Å². The van der Waals surface area contributed by atoms with Crippen molar-refractivity contribution >= 4 is 34.3 Å². The van der Waals surface area contributed by atoms with Crippen molar-refractivity contribution in [2.24, 2.45) is 5.73 Å². The van der Waals surface area contributed by atoms with Gasteiger partial charge >= 0.3 is 0 Å². The Labute approximate surface area is 160 Å². The molecule has 28 heavy (non-hydrogen) atoms. The summed E-state index contributed by atoms with van der Waals surface area (Å²) in [5.41, 5.74) is 12.7. The van der Waals surface area contributed by atoms with Crippen molar-refractivity contribution in [3.05, 3.63) is 30.1 Å². The lowest BCUT2D eigenvalue weighted by molar-refractivity contribution is 0.0995. The van der Waals surface area contributed by atoms with Gasteiger partial charge in [0.15, 0.2) is 17.2 Å². The molecule has 10 nitrogen and oxygen atoms in total. The van der Waals surface area contributed by atoms with Crippen LogP contribution in [0.2, 0.25) is 0 Å². The molecule has 3 atom stereocenters. The molecule has 5 heterocycles. The van der Waals surface area contributed by atoms with Gasteiger partial charge in [0.1, 0.15) is 5.82 Å². The summed E-state index contributed by atoms with van der Waals surface area (Å²) in [4.78, 5) is 17.3. The highest BCUT2D eigenvalue weighted by Crippen LogP contribution is 2.40. The molecule has 0 saturated carbocycles. The molecule has 2 aliphatic rings. The number of primary amides is 1. The molecular weight excluding hydrogens is 358 g/mol. The second-order valence-corrected chi connectivity index (χ2v) is 7.45. The average molecular weight is 379 g/mol. The minimum atomic E-state index is -0.587. The van der Waals surface area contributed by atoms with Crippen LogP contribution in [0.3, 0.4) is 0 Å². The number of rotatable bonds is 4. The molecule has 0 aliphatic carbocycles. The zero-order valence-electron chi connectivity index (χ0n) is 15.2. The standard InChI is InChI=1S/C18H21N9O/c19-13-3-4-14(24-23-13)27-10-1-2-11(27)8-9(7-10)22-15-12-5-6-21-18(12)26-25-16(15)17(20)28/h3-6,9-11H,1-2,7-8H2,(H2,19,23)(H2,20,28)(H2,21,22,26)/t9-,10-,11+. The lowest BCUT2D eigenvalue weighted by atomic mass is 9.96. The van der Waals surface area contributed by atoms with E-state index in [2.05, 4.69) is 35.6 Å². The molecule has 6 N–H and O–H groups in total. The molecule has 144 valence electrons. The quantitative estimate of drug-likeness (QED) is 0.525. The first-order chi connectivity index (χ1) is 13.6. The summed E-state index contributed by atoms with van der Waals surface area (Å²) in [5, 5.41) is 20.7. The summed E-state index contributed by atoms with van der Waals surface area (Å²) < 4.78 is 0. The fraction of sp³-hybridized carbons (Fsp3) is 0.389. The van der Waals surface area contributed by atoms with Crippen LogP contribution in [0.15, 0.2) is 24.4 Å². The van der Waals surface area contributed by atoms with Crippen molar-refractivity contribution in [2.75, 3.05) is 16.0 Å². The highest BCUT2D eigenvalue weighted by Gasteiger charge is 2.42. The van der Waals surface area contributed by atoms with Gasteiger partial charge in [-0.25, -0.2) is 0 Å². The van der Waals surface area contributed by atoms with Gasteiger partial charge in [0, 0.05) is 29.7 Å². The van der Waals surface area contributed by atoms with E-state index < -0.39 is 5.91 Å². The number of H-pyrrole nitrogens is 1. The van der Waals surface area contributed by atoms with Crippen molar-refractivity contribution in [3.63, 3.8) is 0 Å². The van der Waals surface area contributed by atoms with Crippen molar-refractivity contribution in [1.82, 2.24) is 25.4 Å². The van der Waals surface area contributed by atoms with Gasteiger partial charge in [-0.15, -0.1) is 20.4 Å². The lowest BCUT2D eigenvalue weighted by Gasteiger charge is -2.40. The fourth-order valence-electron chi connectivity index (χ4n) is 4.59. The highest BCUT2D eigenvalue weighted by atomic mass is 16.1. The average Bonchev–Trinajstić information content (AvgIpc) is 3.25. The molecule has 3 aromatic heterocycles. The van der Waals surface area contributed by atoms with E-state index in [9.17, 15) is 4.79 Å². The number of aromatic amines is 1. The van der Waals surface area contributed by atoms with Gasteiger partial charge in [0.2, 0.25) is 0 Å². The zero-order chi connectivity index (χ0) is 19.3. The minimum Gasteiger partial charge on any atom is -0.382 e. The summed E-state index contributed by atoms with van der Waals surface area (Å²) in [7, 11) is 0. The van der Waals surface area contributed by atoms with Crippen LogP contribution < -0.4 is 21.7 Å². The van der Waals surface area contributed by atoms with Gasteiger partial charge in [0.05, 0.1) is 5.69 Å². The molecule has 1 amide bonds. The van der Waals surface area contributed by atoms with Crippen LogP contribution in [-0.2, 0) is 0 Å². The summed E-state index contributed by atoms with van der Waals surface area (Å²) >= 11 is 0. The Morgan fingerprint density at radius 1 is 1.11 bits per heavy atom. The second-order valence-electron chi connectivity index (χ2n) is 7.45. The number of nitrogens with zero attached hydrogens (tertiary/aromatic N) is 5. The van der Waals surface area contributed by atoms with Crippen LogP contribution in [-0.4, -0.2) is 49.4 Å². The van der Waals surface area contributed by atoms with Crippen molar-refractivity contribution in [1.29, 1.82) is 0 Å². The molecule has 5 rings (SSSR count). The number of hydrogen-bond acceptors (Lipinski definition) is 8. The van der Waals surface area contributed by atoms with Crippen molar-refractivity contribution < 1.29 is 4.79 Å². The van der Waals surface area contributed by atoms with E-state index in [1.807, 2.05) is 12.1 Å². The van der Waals surface area contributed by atoms with E-state index in [4.69, 9.17) is 11.5 Å². The molecule has 0 aromatic carbocycles. The number of piperidine rings is 1. The number of aromatic nitrogens is 5. The van der Waals surface area contributed by atoms with E-state index in [0.29, 0.717) is 29.2 Å². The van der Waals surface area contributed by atoms with Crippen LogP contribution in [0.5, 0.6) is 0 Å². The number of carbonyl (C=O) groups excluding carboxylic acids is 1. The molecular formula is C18H21N9O. The first-order valence-corrected chi connectivity index (χ1v) is 9.38. The third-order valence-corrected chi connectivity index (χ3v) is 5.73. The van der Waals surface area contributed by atoms with Gasteiger partial charge in [0.25, 0.3) is 5.91 Å². The van der Waals surface area contributed by atoms with Crippen molar-refractivity contribution in [3.8, 4) is 0 Å². The van der Waals surface area contributed by atoms with Crippen LogP contribution in [0, 0.1) is 0 Å². The Hall–Kier alpha value is -3.43. The maximum absolute atomic E-state index is 11.9. The number of nitrogens with two attached hydrogens (primary N) is 2. The SMILES string of the molecule is NC(=O)c1nnc2[nH]ccc2c1N[C@@H]1C[C@H]2CC[C@@H](C1)N2c1ccc(N)nn1. The van der Waals surface area contributed by atoms with E-state index in [-0.39, 0.29) is 11.7 Å². The maximum Gasteiger partial charge on any atom is 0.271 e. The van der Waals surface area contributed by atoms with E-state index in [1.54, 1.807) is 12.3 Å². The number of anilines is 3. The Balaban J connectivity index is 1.41. The van der Waals surface area contributed by atoms with Gasteiger partial charge < -0.3 is 26.7 Å². The Bertz CT molecular complexity index is 1020. The highest BCUT2D eigenvalue weighted by molar-refractivity contribution is 6.04. The Kier molecular flexibility index (Phi) is 3.78. The smallest absolute Gasteiger partial charge is 0.271 e. The first-order valence-electron chi connectivity index (χ1n) is 9.38. The summed E-state index contributed by atoms with van der Waals surface area (Å²) in [5.74, 6) is 0.708. The molecule has 10 heteroatoms. The minimum absolute atomic E-state index is 0.172. The molecule has 0 unspecified atom stereocenters. The molecule has 2 saturated heterocycles. The summed E-state index contributed by atoms with van der Waals surface area (Å²) in [6.45, 7) is 0. The molecule has 2 bridgehead atoms. The van der Waals surface area contributed by atoms with Crippen LogP contribution in [0.1, 0.15) is 36.2 Å². The third-order valence-electron chi connectivity index (χ3n) is 5.73. The van der Waals surface area contributed by atoms with E-state index in [0.717, 1.165) is 36.9 Å². The fourth-order valence-corrected chi connectivity index (χ4v) is 4.59. The first kappa shape index (κ1) is 16.7. The van der Waals surface area contributed by atoms with Gasteiger partial charge in [-0.1, -0.05) is 0 Å². The molecule has 0 spiro atoms. The molecule has 0 radical (unpaired) electrons.